The normalized spacial score (nSPS) is 24.3. The third-order valence-corrected chi connectivity index (χ3v) is 3.55. The van der Waals surface area contributed by atoms with Crippen molar-refractivity contribution >= 4 is 11.5 Å². The van der Waals surface area contributed by atoms with Crippen molar-refractivity contribution in [2.24, 2.45) is 0 Å². The van der Waals surface area contributed by atoms with Crippen LogP contribution in [0.15, 0.2) is 18.3 Å². The summed E-state index contributed by atoms with van der Waals surface area (Å²) < 4.78 is 1.79. The number of rotatable bonds is 2. The van der Waals surface area contributed by atoms with Gasteiger partial charge in [-0.3, -0.25) is 0 Å². The van der Waals surface area contributed by atoms with Gasteiger partial charge in [-0.05, 0) is 19.8 Å². The minimum absolute atomic E-state index is 0.118. The number of fused-ring (bicyclic) bond motifs is 1. The van der Waals surface area contributed by atoms with Crippen molar-refractivity contribution in [3.05, 3.63) is 24.0 Å². The molecule has 5 nitrogen and oxygen atoms in total. The molecule has 2 aromatic heterocycles. The second-order valence-corrected chi connectivity index (χ2v) is 4.99. The maximum Gasteiger partial charge on any atom is 0.157 e. The fraction of sp³-hybridized carbons (Fsp3) is 0.538. The van der Waals surface area contributed by atoms with E-state index in [1.54, 1.807) is 10.7 Å². The van der Waals surface area contributed by atoms with Crippen LogP contribution in [0.3, 0.4) is 0 Å². The number of nitrogens with one attached hydrogen (secondary N) is 1. The maximum absolute atomic E-state index is 10.0. The molecule has 18 heavy (non-hydrogen) atoms. The lowest BCUT2D eigenvalue weighted by molar-refractivity contribution is 0.116. The van der Waals surface area contributed by atoms with Crippen LogP contribution in [0.4, 0.5) is 5.82 Å². The van der Waals surface area contributed by atoms with Crippen molar-refractivity contribution in [1.82, 2.24) is 14.6 Å². The van der Waals surface area contributed by atoms with Gasteiger partial charge in [0, 0.05) is 17.8 Å². The average Bonchev–Trinajstić information content (AvgIpc) is 2.80. The minimum Gasteiger partial charge on any atom is -0.391 e. The molecule has 3 rings (SSSR count). The van der Waals surface area contributed by atoms with Crippen LogP contribution in [0.2, 0.25) is 0 Å². The molecular weight excluding hydrogens is 228 g/mol. The summed E-state index contributed by atoms with van der Waals surface area (Å²) in [6.07, 6.45) is 5.64. The second kappa shape index (κ2) is 4.57. The van der Waals surface area contributed by atoms with Crippen molar-refractivity contribution in [3.8, 4) is 0 Å². The van der Waals surface area contributed by atoms with Crippen molar-refractivity contribution in [2.75, 3.05) is 5.32 Å². The maximum atomic E-state index is 10.0. The van der Waals surface area contributed by atoms with Gasteiger partial charge in [-0.2, -0.15) is 9.61 Å². The molecule has 0 amide bonds. The summed E-state index contributed by atoms with van der Waals surface area (Å²) in [6, 6.07) is 3.98. The minimum atomic E-state index is -0.266. The number of aryl methyl sites for hydroxylation is 1. The van der Waals surface area contributed by atoms with E-state index in [-0.39, 0.29) is 12.1 Å². The molecule has 5 heteroatoms. The van der Waals surface area contributed by atoms with Crippen LogP contribution in [0.25, 0.3) is 5.65 Å². The van der Waals surface area contributed by atoms with Crippen molar-refractivity contribution < 1.29 is 5.11 Å². The van der Waals surface area contributed by atoms with E-state index in [1.165, 1.54) is 6.42 Å². The standard InChI is InChI=1S/C13H18N4O/c1-9-8-13(17-12(15-9)6-7-14-17)16-10-4-2-3-5-11(10)18/h6-8,10-11,16,18H,2-5H2,1H3/t10-,11-/m0/s1. The monoisotopic (exact) mass is 246 g/mol. The number of hydrogen-bond acceptors (Lipinski definition) is 4. The van der Waals surface area contributed by atoms with Crippen LogP contribution >= 0.6 is 0 Å². The van der Waals surface area contributed by atoms with E-state index >= 15 is 0 Å². The molecule has 1 saturated carbocycles. The highest BCUT2D eigenvalue weighted by Crippen LogP contribution is 2.22. The van der Waals surface area contributed by atoms with Crippen LogP contribution in [0.5, 0.6) is 0 Å². The van der Waals surface area contributed by atoms with Gasteiger partial charge in [0.25, 0.3) is 0 Å². The summed E-state index contributed by atoms with van der Waals surface area (Å²) in [6.45, 7) is 1.97. The smallest absolute Gasteiger partial charge is 0.157 e. The zero-order valence-corrected chi connectivity index (χ0v) is 10.5. The van der Waals surface area contributed by atoms with E-state index in [0.29, 0.717) is 0 Å². The lowest BCUT2D eigenvalue weighted by atomic mass is 9.92. The van der Waals surface area contributed by atoms with E-state index in [2.05, 4.69) is 15.4 Å². The van der Waals surface area contributed by atoms with Gasteiger partial charge in [-0.15, -0.1) is 0 Å². The average molecular weight is 246 g/mol. The van der Waals surface area contributed by atoms with E-state index in [4.69, 9.17) is 0 Å². The lowest BCUT2D eigenvalue weighted by Crippen LogP contribution is -2.37. The molecule has 2 atom stereocenters. The van der Waals surface area contributed by atoms with Gasteiger partial charge >= 0.3 is 0 Å². The predicted octanol–water partition coefficient (Wildman–Crippen LogP) is 1.75. The van der Waals surface area contributed by atoms with Gasteiger partial charge < -0.3 is 10.4 Å². The Morgan fingerprint density at radius 1 is 1.39 bits per heavy atom. The summed E-state index contributed by atoms with van der Waals surface area (Å²) >= 11 is 0. The summed E-state index contributed by atoms with van der Waals surface area (Å²) in [5.74, 6) is 0.911. The van der Waals surface area contributed by atoms with Crippen molar-refractivity contribution in [3.63, 3.8) is 0 Å². The van der Waals surface area contributed by atoms with Crippen LogP contribution in [-0.2, 0) is 0 Å². The van der Waals surface area contributed by atoms with E-state index < -0.39 is 0 Å². The molecule has 2 N–H and O–H groups in total. The Bertz CT molecular complexity index is 551. The predicted molar refractivity (Wildman–Crippen MR) is 69.6 cm³/mol. The SMILES string of the molecule is Cc1cc(N[C@H]2CCCC[C@@H]2O)n2nccc2n1. The first-order chi connectivity index (χ1) is 8.74. The molecular formula is C13H18N4O. The number of anilines is 1. The second-order valence-electron chi connectivity index (χ2n) is 4.99. The molecule has 0 saturated heterocycles. The van der Waals surface area contributed by atoms with Crippen LogP contribution in [-0.4, -0.2) is 31.9 Å². The molecule has 2 heterocycles. The summed E-state index contributed by atoms with van der Waals surface area (Å²) in [7, 11) is 0. The fourth-order valence-corrected chi connectivity index (χ4v) is 2.61. The molecule has 1 fully saturated rings. The molecule has 1 aliphatic rings. The van der Waals surface area contributed by atoms with E-state index in [1.807, 2.05) is 19.1 Å². The van der Waals surface area contributed by atoms with Crippen LogP contribution in [0, 0.1) is 6.92 Å². The molecule has 0 unspecified atom stereocenters. The Hall–Kier alpha value is -1.62. The fourth-order valence-electron chi connectivity index (χ4n) is 2.61. The molecule has 0 aliphatic heterocycles. The molecule has 1 aliphatic carbocycles. The largest absolute Gasteiger partial charge is 0.391 e. The van der Waals surface area contributed by atoms with Gasteiger partial charge in [0.15, 0.2) is 5.65 Å². The summed E-state index contributed by atoms with van der Waals surface area (Å²) in [4.78, 5) is 4.41. The Labute approximate surface area is 106 Å². The third-order valence-electron chi connectivity index (χ3n) is 3.55. The molecule has 0 bridgehead atoms. The molecule has 0 spiro atoms. The Balaban J connectivity index is 1.91. The van der Waals surface area contributed by atoms with Gasteiger partial charge in [-0.1, -0.05) is 12.8 Å². The molecule has 2 aromatic rings. The first kappa shape index (κ1) is 11.5. The Kier molecular flexibility index (Phi) is 2.91. The zero-order chi connectivity index (χ0) is 12.5. The molecule has 0 aromatic carbocycles. The van der Waals surface area contributed by atoms with Crippen LogP contribution in [0.1, 0.15) is 31.4 Å². The Morgan fingerprint density at radius 3 is 3.06 bits per heavy atom. The topological polar surface area (TPSA) is 62.5 Å². The third kappa shape index (κ3) is 2.06. The highest BCUT2D eigenvalue weighted by atomic mass is 16.3. The number of hydrogen-bond donors (Lipinski definition) is 2. The van der Waals surface area contributed by atoms with Gasteiger partial charge in [0.2, 0.25) is 0 Å². The number of aliphatic hydroxyl groups excluding tert-OH is 1. The number of aliphatic hydroxyl groups is 1. The van der Waals surface area contributed by atoms with E-state index in [0.717, 1.165) is 36.4 Å². The lowest BCUT2D eigenvalue weighted by Gasteiger charge is -2.29. The van der Waals surface area contributed by atoms with E-state index in [9.17, 15) is 5.11 Å². The number of nitrogens with zero attached hydrogens (tertiary/aromatic N) is 3. The summed E-state index contributed by atoms with van der Waals surface area (Å²) in [5, 5.41) is 17.7. The van der Waals surface area contributed by atoms with Crippen LogP contribution < -0.4 is 5.32 Å². The van der Waals surface area contributed by atoms with Crippen molar-refractivity contribution in [2.45, 2.75) is 44.8 Å². The highest BCUT2D eigenvalue weighted by molar-refractivity contribution is 5.49. The Morgan fingerprint density at radius 2 is 2.22 bits per heavy atom. The van der Waals surface area contributed by atoms with Gasteiger partial charge in [-0.25, -0.2) is 4.98 Å². The van der Waals surface area contributed by atoms with Gasteiger partial charge in [0.1, 0.15) is 5.82 Å². The highest BCUT2D eigenvalue weighted by Gasteiger charge is 2.23. The van der Waals surface area contributed by atoms with Gasteiger partial charge in [0.05, 0.1) is 18.3 Å². The first-order valence-corrected chi connectivity index (χ1v) is 6.50. The first-order valence-electron chi connectivity index (χ1n) is 6.50. The molecule has 96 valence electrons. The zero-order valence-electron chi connectivity index (χ0n) is 10.5. The van der Waals surface area contributed by atoms with Crippen molar-refractivity contribution in [1.29, 1.82) is 0 Å². The summed E-state index contributed by atoms with van der Waals surface area (Å²) in [5.41, 5.74) is 1.79. The molecule has 0 radical (unpaired) electrons. The number of aromatic nitrogens is 3. The quantitative estimate of drug-likeness (QED) is 0.847.